The number of aryl methyl sites for hydroxylation is 2. The smallest absolute Gasteiger partial charge is 0.148 e. The van der Waals surface area contributed by atoms with Crippen molar-refractivity contribution in [3.05, 3.63) is 131 Å². The van der Waals surface area contributed by atoms with E-state index >= 15 is 0 Å². The van der Waals surface area contributed by atoms with Gasteiger partial charge in [-0.05, 0) is 112 Å². The van der Waals surface area contributed by atoms with Gasteiger partial charge < -0.3 is 14.2 Å². The van der Waals surface area contributed by atoms with Crippen molar-refractivity contribution in [2.45, 2.75) is 58.1 Å². The third-order valence-electron chi connectivity index (χ3n) is 9.08. The summed E-state index contributed by atoms with van der Waals surface area (Å²) in [5.74, 6) is 3.04. The zero-order chi connectivity index (χ0) is 29.4. The molecular formula is C38H42ClN3O. The van der Waals surface area contributed by atoms with Crippen LogP contribution in [0.3, 0.4) is 0 Å². The number of nitrogens with zero attached hydrogens (tertiary/aromatic N) is 3. The summed E-state index contributed by atoms with van der Waals surface area (Å²) in [6, 6.07) is 36.0. The van der Waals surface area contributed by atoms with E-state index in [0.29, 0.717) is 17.5 Å². The molecular weight excluding hydrogens is 550 g/mol. The number of likely N-dealkylation sites (tertiary alicyclic amines) is 1. The van der Waals surface area contributed by atoms with Gasteiger partial charge in [0.2, 0.25) is 0 Å². The number of benzene rings is 4. The minimum Gasteiger partial charge on any atom is -0.486 e. The van der Waals surface area contributed by atoms with Gasteiger partial charge in [0, 0.05) is 17.5 Å². The van der Waals surface area contributed by atoms with Crippen molar-refractivity contribution >= 4 is 22.6 Å². The van der Waals surface area contributed by atoms with Crippen molar-refractivity contribution in [1.82, 2.24) is 14.5 Å². The molecule has 5 aromatic rings. The Bertz CT molecular complexity index is 1540. The highest BCUT2D eigenvalue weighted by atomic mass is 35.5. The molecule has 0 aliphatic carbocycles. The van der Waals surface area contributed by atoms with E-state index in [0.717, 1.165) is 48.9 Å². The zero-order valence-corrected chi connectivity index (χ0v) is 25.9. The topological polar surface area (TPSA) is 30.3 Å². The van der Waals surface area contributed by atoms with Gasteiger partial charge in [-0.1, -0.05) is 84.4 Å². The molecule has 1 aromatic heterocycles. The number of para-hydroxylation sites is 1. The van der Waals surface area contributed by atoms with Crippen molar-refractivity contribution < 1.29 is 4.74 Å². The molecule has 1 fully saturated rings. The molecule has 0 saturated carbocycles. The highest BCUT2D eigenvalue weighted by Crippen LogP contribution is 2.30. The predicted molar refractivity (Wildman–Crippen MR) is 178 cm³/mol. The Morgan fingerprint density at radius 1 is 0.814 bits per heavy atom. The maximum Gasteiger partial charge on any atom is 0.148 e. The van der Waals surface area contributed by atoms with Gasteiger partial charge in [0.1, 0.15) is 18.2 Å². The van der Waals surface area contributed by atoms with E-state index in [-0.39, 0.29) is 0 Å². The van der Waals surface area contributed by atoms with Crippen LogP contribution in [0, 0.1) is 12.8 Å². The van der Waals surface area contributed by atoms with Gasteiger partial charge in [-0.2, -0.15) is 0 Å². The first kappa shape index (κ1) is 29.5. The number of fused-ring (bicyclic) bond motifs is 1. The van der Waals surface area contributed by atoms with Crippen molar-refractivity contribution in [2.75, 3.05) is 19.6 Å². The molecule has 0 radical (unpaired) electrons. The van der Waals surface area contributed by atoms with Gasteiger partial charge in [0.05, 0.1) is 11.0 Å². The summed E-state index contributed by atoms with van der Waals surface area (Å²) in [5, 5.41) is 0.713. The van der Waals surface area contributed by atoms with Crippen LogP contribution in [-0.2, 0) is 13.2 Å². The first-order valence-corrected chi connectivity index (χ1v) is 16.2. The third-order valence-corrected chi connectivity index (χ3v) is 9.33. The molecule has 5 heteroatoms. The van der Waals surface area contributed by atoms with E-state index in [1.54, 1.807) is 0 Å². The van der Waals surface area contributed by atoms with Crippen LogP contribution in [0.4, 0.5) is 0 Å². The molecule has 6 rings (SSSR count). The second kappa shape index (κ2) is 14.2. The number of piperidine rings is 1. The normalized spacial score (nSPS) is 14.5. The Hall–Kier alpha value is -3.60. The highest BCUT2D eigenvalue weighted by molar-refractivity contribution is 6.30. The molecule has 222 valence electrons. The molecule has 0 amide bonds. The van der Waals surface area contributed by atoms with Crippen molar-refractivity contribution in [3.8, 4) is 5.75 Å². The summed E-state index contributed by atoms with van der Waals surface area (Å²) in [7, 11) is 0. The first-order valence-electron chi connectivity index (χ1n) is 15.8. The van der Waals surface area contributed by atoms with Gasteiger partial charge in [-0.25, -0.2) is 4.98 Å². The summed E-state index contributed by atoms with van der Waals surface area (Å²) < 4.78 is 8.49. The Morgan fingerprint density at radius 3 is 2.16 bits per heavy atom. The van der Waals surface area contributed by atoms with E-state index in [1.807, 2.05) is 24.3 Å². The molecule has 43 heavy (non-hydrogen) atoms. The summed E-state index contributed by atoms with van der Waals surface area (Å²) in [6.45, 7) is 7.11. The molecule has 0 spiro atoms. The van der Waals surface area contributed by atoms with E-state index in [4.69, 9.17) is 21.3 Å². The molecule has 1 saturated heterocycles. The van der Waals surface area contributed by atoms with Crippen LogP contribution in [0.1, 0.15) is 60.5 Å². The molecule has 0 unspecified atom stereocenters. The van der Waals surface area contributed by atoms with Crippen LogP contribution in [0.15, 0.2) is 103 Å². The average Bonchev–Trinajstić information content (AvgIpc) is 3.41. The standard InChI is InChI=1S/C38H42ClN3O/c1-29-10-8-16-36-38(29)40-37(28-43-34-19-17-33(39)18-20-34)42(36)24-9-11-30-21-25-41(26-22-30)27-23-35(31-12-4-2-5-13-31)32-14-6-3-7-15-32/h2-8,10,12-20,30,35H,9,11,21-28H2,1H3. The Morgan fingerprint density at radius 2 is 1.49 bits per heavy atom. The lowest BCUT2D eigenvalue weighted by Crippen LogP contribution is -2.35. The van der Waals surface area contributed by atoms with Crippen LogP contribution >= 0.6 is 11.6 Å². The molecule has 2 heterocycles. The molecule has 0 bridgehead atoms. The zero-order valence-electron chi connectivity index (χ0n) is 25.2. The highest BCUT2D eigenvalue weighted by Gasteiger charge is 2.22. The lowest BCUT2D eigenvalue weighted by Gasteiger charge is -2.33. The maximum absolute atomic E-state index is 6.11. The van der Waals surface area contributed by atoms with Gasteiger partial charge in [0.15, 0.2) is 0 Å². The van der Waals surface area contributed by atoms with Gasteiger partial charge in [-0.15, -0.1) is 0 Å². The van der Waals surface area contributed by atoms with E-state index < -0.39 is 0 Å². The van der Waals surface area contributed by atoms with Gasteiger partial charge in [-0.3, -0.25) is 0 Å². The van der Waals surface area contributed by atoms with Crippen molar-refractivity contribution in [1.29, 1.82) is 0 Å². The second-order valence-electron chi connectivity index (χ2n) is 12.0. The van der Waals surface area contributed by atoms with E-state index in [1.165, 1.54) is 54.6 Å². The Balaban J connectivity index is 1.02. The maximum atomic E-state index is 6.11. The van der Waals surface area contributed by atoms with E-state index in [9.17, 15) is 0 Å². The van der Waals surface area contributed by atoms with Crippen LogP contribution < -0.4 is 4.74 Å². The number of ether oxygens (including phenoxy) is 1. The van der Waals surface area contributed by atoms with Crippen LogP contribution in [-0.4, -0.2) is 34.1 Å². The fraction of sp³-hybridized carbons (Fsp3) is 0.342. The minimum absolute atomic E-state index is 0.446. The SMILES string of the molecule is Cc1cccc2c1nc(COc1ccc(Cl)cc1)n2CCCC1CCN(CCC(c2ccccc2)c2ccccc2)CC1. The number of rotatable bonds is 12. The van der Waals surface area contributed by atoms with Gasteiger partial charge in [0.25, 0.3) is 0 Å². The van der Waals surface area contributed by atoms with Crippen LogP contribution in [0.5, 0.6) is 5.75 Å². The number of imidazole rings is 1. The van der Waals surface area contributed by atoms with Crippen LogP contribution in [0.25, 0.3) is 11.0 Å². The Labute approximate surface area is 261 Å². The molecule has 4 aromatic carbocycles. The molecule has 0 atom stereocenters. The number of hydrogen-bond acceptors (Lipinski definition) is 3. The average molecular weight is 592 g/mol. The summed E-state index contributed by atoms with van der Waals surface area (Å²) in [4.78, 5) is 7.69. The summed E-state index contributed by atoms with van der Waals surface area (Å²) >= 11 is 6.05. The van der Waals surface area contributed by atoms with Crippen molar-refractivity contribution in [2.24, 2.45) is 5.92 Å². The molecule has 0 N–H and O–H groups in total. The second-order valence-corrected chi connectivity index (χ2v) is 12.4. The predicted octanol–water partition coefficient (Wildman–Crippen LogP) is 9.29. The van der Waals surface area contributed by atoms with E-state index in [2.05, 4.69) is 95.3 Å². The third kappa shape index (κ3) is 7.49. The Kier molecular flexibility index (Phi) is 9.76. The summed E-state index contributed by atoms with van der Waals surface area (Å²) in [5.41, 5.74) is 6.33. The number of hydrogen-bond donors (Lipinski definition) is 0. The van der Waals surface area contributed by atoms with Crippen molar-refractivity contribution in [3.63, 3.8) is 0 Å². The number of halogens is 1. The first-order chi connectivity index (χ1) is 21.1. The quantitative estimate of drug-likeness (QED) is 0.145. The lowest BCUT2D eigenvalue weighted by molar-refractivity contribution is 0.173. The van der Waals surface area contributed by atoms with Crippen LogP contribution in [0.2, 0.25) is 5.02 Å². The largest absolute Gasteiger partial charge is 0.486 e. The minimum atomic E-state index is 0.446. The fourth-order valence-corrected chi connectivity index (χ4v) is 6.74. The number of aromatic nitrogens is 2. The lowest BCUT2D eigenvalue weighted by atomic mass is 9.87. The molecule has 1 aliphatic rings. The van der Waals surface area contributed by atoms with Gasteiger partial charge >= 0.3 is 0 Å². The monoisotopic (exact) mass is 591 g/mol. The fourth-order valence-electron chi connectivity index (χ4n) is 6.62. The summed E-state index contributed by atoms with van der Waals surface area (Å²) in [6.07, 6.45) is 6.15. The molecule has 1 aliphatic heterocycles. The molecule has 4 nitrogen and oxygen atoms in total.